The van der Waals surface area contributed by atoms with Crippen LogP contribution in [0.5, 0.6) is 0 Å². The van der Waals surface area contributed by atoms with E-state index in [4.69, 9.17) is 5.14 Å². The lowest BCUT2D eigenvalue weighted by molar-refractivity contribution is 0.298. The highest BCUT2D eigenvalue weighted by molar-refractivity contribution is 7.90. The maximum absolute atomic E-state index is 12.5. The molecule has 2 rings (SSSR count). The number of sulfonamides is 2. The minimum atomic E-state index is -3.92. The fourth-order valence-corrected chi connectivity index (χ4v) is 4.50. The number of rotatable bonds is 4. The van der Waals surface area contributed by atoms with Crippen molar-refractivity contribution in [2.45, 2.75) is 28.7 Å². The van der Waals surface area contributed by atoms with Gasteiger partial charge in [-0.05, 0) is 38.1 Å². The summed E-state index contributed by atoms with van der Waals surface area (Å²) in [6, 6.07) is 5.46. The largest absolute Gasteiger partial charge is 0.317 e. The lowest BCUT2D eigenvalue weighted by Crippen LogP contribution is -2.43. The molecule has 0 saturated carbocycles. The van der Waals surface area contributed by atoms with Gasteiger partial charge < -0.3 is 5.32 Å². The Morgan fingerprint density at radius 3 is 2.18 bits per heavy atom. The average Bonchev–Trinajstić information content (AvgIpc) is 2.46. The summed E-state index contributed by atoms with van der Waals surface area (Å²) in [7, 11) is -5.76. The quantitative estimate of drug-likeness (QED) is 0.783. The maximum atomic E-state index is 12.5. The van der Waals surface area contributed by atoms with Crippen molar-refractivity contribution in [2.24, 2.45) is 5.14 Å². The van der Waals surface area contributed by atoms with E-state index in [2.05, 4.69) is 5.32 Å². The number of benzene rings is 1. The molecule has 1 aromatic carbocycles. The Bertz CT molecular complexity index is 714. The minimum Gasteiger partial charge on any atom is -0.317 e. The highest BCUT2D eigenvalue weighted by atomic mass is 35.5. The average molecular weight is 370 g/mol. The number of nitrogens with one attached hydrogen (secondary N) is 1. The van der Waals surface area contributed by atoms with Gasteiger partial charge in [0.05, 0.1) is 9.79 Å². The van der Waals surface area contributed by atoms with Crippen molar-refractivity contribution in [2.75, 3.05) is 20.1 Å². The third-order valence-electron chi connectivity index (χ3n) is 3.63. The van der Waals surface area contributed by atoms with Crippen molar-refractivity contribution in [3.63, 3.8) is 0 Å². The van der Waals surface area contributed by atoms with E-state index < -0.39 is 20.0 Å². The van der Waals surface area contributed by atoms with Crippen molar-refractivity contribution >= 4 is 32.5 Å². The molecule has 3 N–H and O–H groups in total. The van der Waals surface area contributed by atoms with Gasteiger partial charge in [0.1, 0.15) is 0 Å². The van der Waals surface area contributed by atoms with Crippen molar-refractivity contribution in [1.29, 1.82) is 0 Å². The van der Waals surface area contributed by atoms with Gasteiger partial charge in [0.25, 0.3) is 0 Å². The Hall–Kier alpha value is -0.710. The molecular formula is C12H20ClN3O4S2. The van der Waals surface area contributed by atoms with Gasteiger partial charge in [0, 0.05) is 19.1 Å². The third kappa shape index (κ3) is 4.18. The predicted octanol–water partition coefficient (Wildman–Crippen LogP) is 0.128. The molecule has 0 amide bonds. The Kier molecular flexibility index (Phi) is 6.36. The molecular weight excluding hydrogens is 350 g/mol. The number of hydrogen-bond donors (Lipinski definition) is 2. The molecule has 10 heteroatoms. The summed E-state index contributed by atoms with van der Waals surface area (Å²) >= 11 is 0. The molecule has 1 aliphatic rings. The van der Waals surface area contributed by atoms with E-state index in [1.54, 1.807) is 0 Å². The van der Waals surface area contributed by atoms with E-state index in [0.717, 1.165) is 18.9 Å². The Balaban J connectivity index is 0.00000242. The summed E-state index contributed by atoms with van der Waals surface area (Å²) in [6.07, 6.45) is 1.45. The molecule has 22 heavy (non-hydrogen) atoms. The standard InChI is InChI=1S/C12H19N3O4S2.ClH/c1-14-10-5-7-15(8-6-10)21(18,19)12-4-2-3-11(9-12)20(13,16)17;/h2-4,9-10,14H,5-8H2,1H3,(H2,13,16,17);1H. The molecule has 0 bridgehead atoms. The molecule has 1 aromatic rings. The third-order valence-corrected chi connectivity index (χ3v) is 6.44. The molecule has 1 heterocycles. The van der Waals surface area contributed by atoms with Gasteiger partial charge in [0.2, 0.25) is 20.0 Å². The predicted molar refractivity (Wildman–Crippen MR) is 85.9 cm³/mol. The van der Waals surface area contributed by atoms with Crippen LogP contribution in [0.3, 0.4) is 0 Å². The van der Waals surface area contributed by atoms with Crippen LogP contribution in [0.25, 0.3) is 0 Å². The molecule has 1 saturated heterocycles. The first-order valence-corrected chi connectivity index (χ1v) is 9.54. The van der Waals surface area contributed by atoms with Crippen LogP contribution in [0.4, 0.5) is 0 Å². The van der Waals surface area contributed by atoms with Gasteiger partial charge in [-0.25, -0.2) is 22.0 Å². The topological polar surface area (TPSA) is 110 Å². The van der Waals surface area contributed by atoms with E-state index in [1.807, 2.05) is 7.05 Å². The Morgan fingerprint density at radius 2 is 1.68 bits per heavy atom. The van der Waals surface area contributed by atoms with Crippen LogP contribution in [0.1, 0.15) is 12.8 Å². The van der Waals surface area contributed by atoms with Crippen LogP contribution >= 0.6 is 12.4 Å². The highest BCUT2D eigenvalue weighted by Gasteiger charge is 2.29. The number of piperidine rings is 1. The maximum Gasteiger partial charge on any atom is 0.243 e. The van der Waals surface area contributed by atoms with E-state index in [9.17, 15) is 16.8 Å². The van der Waals surface area contributed by atoms with Gasteiger partial charge in [-0.1, -0.05) is 6.07 Å². The summed E-state index contributed by atoms with van der Waals surface area (Å²) in [5.74, 6) is 0. The van der Waals surface area contributed by atoms with E-state index in [-0.39, 0.29) is 22.2 Å². The summed E-state index contributed by atoms with van der Waals surface area (Å²) < 4.78 is 49.1. The number of nitrogens with two attached hydrogens (primary N) is 1. The van der Waals surface area contributed by atoms with Crippen molar-refractivity contribution < 1.29 is 16.8 Å². The second kappa shape index (κ2) is 7.24. The Labute approximate surface area is 137 Å². The van der Waals surface area contributed by atoms with Crippen molar-refractivity contribution in [3.05, 3.63) is 24.3 Å². The lowest BCUT2D eigenvalue weighted by Gasteiger charge is -2.31. The molecule has 0 radical (unpaired) electrons. The first kappa shape index (κ1) is 19.3. The van der Waals surface area contributed by atoms with Crippen LogP contribution in [0, 0.1) is 0 Å². The van der Waals surface area contributed by atoms with E-state index in [0.29, 0.717) is 19.1 Å². The smallest absolute Gasteiger partial charge is 0.243 e. The number of primary sulfonamides is 1. The van der Waals surface area contributed by atoms with Crippen molar-refractivity contribution in [3.8, 4) is 0 Å². The second-order valence-electron chi connectivity index (χ2n) is 4.99. The molecule has 0 aromatic heterocycles. The minimum absolute atomic E-state index is 0. The molecule has 1 aliphatic heterocycles. The molecule has 0 atom stereocenters. The lowest BCUT2D eigenvalue weighted by atomic mass is 10.1. The zero-order valence-corrected chi connectivity index (χ0v) is 14.5. The fraction of sp³-hybridized carbons (Fsp3) is 0.500. The molecule has 1 fully saturated rings. The van der Waals surface area contributed by atoms with Crippen LogP contribution < -0.4 is 10.5 Å². The van der Waals surface area contributed by atoms with Crippen LogP contribution in [0.15, 0.2) is 34.1 Å². The first-order valence-electron chi connectivity index (χ1n) is 6.55. The fourth-order valence-electron chi connectivity index (χ4n) is 2.35. The number of hydrogen-bond acceptors (Lipinski definition) is 5. The first-order chi connectivity index (χ1) is 9.75. The van der Waals surface area contributed by atoms with E-state index in [1.165, 1.54) is 22.5 Å². The monoisotopic (exact) mass is 369 g/mol. The summed E-state index contributed by atoms with van der Waals surface area (Å²) in [5.41, 5.74) is 0. The van der Waals surface area contributed by atoms with Crippen LogP contribution in [-0.4, -0.2) is 47.3 Å². The molecule has 126 valence electrons. The van der Waals surface area contributed by atoms with Gasteiger partial charge in [-0.2, -0.15) is 4.31 Å². The summed E-state index contributed by atoms with van der Waals surface area (Å²) in [6.45, 7) is 0.820. The summed E-state index contributed by atoms with van der Waals surface area (Å²) in [4.78, 5) is -0.245. The number of nitrogens with zero attached hydrogens (tertiary/aromatic N) is 1. The number of halogens is 1. The van der Waals surface area contributed by atoms with Gasteiger partial charge >= 0.3 is 0 Å². The SMILES string of the molecule is CNC1CCN(S(=O)(=O)c2cccc(S(N)(=O)=O)c2)CC1.Cl. The van der Waals surface area contributed by atoms with Crippen LogP contribution in [-0.2, 0) is 20.0 Å². The molecule has 0 aliphatic carbocycles. The zero-order valence-electron chi connectivity index (χ0n) is 12.1. The highest BCUT2D eigenvalue weighted by Crippen LogP contribution is 2.22. The van der Waals surface area contributed by atoms with Crippen LogP contribution in [0.2, 0.25) is 0 Å². The Morgan fingerprint density at radius 1 is 1.14 bits per heavy atom. The molecule has 0 spiro atoms. The summed E-state index contributed by atoms with van der Waals surface area (Å²) in [5, 5.41) is 8.17. The molecule has 0 unspecified atom stereocenters. The zero-order chi connectivity index (χ0) is 15.7. The van der Waals surface area contributed by atoms with Gasteiger partial charge in [-0.15, -0.1) is 12.4 Å². The second-order valence-corrected chi connectivity index (χ2v) is 8.49. The molecule has 7 nitrogen and oxygen atoms in total. The van der Waals surface area contributed by atoms with E-state index >= 15 is 0 Å². The van der Waals surface area contributed by atoms with Gasteiger partial charge in [0.15, 0.2) is 0 Å². The normalized spacial score (nSPS) is 17.9. The van der Waals surface area contributed by atoms with Crippen molar-refractivity contribution in [1.82, 2.24) is 9.62 Å². The van der Waals surface area contributed by atoms with Gasteiger partial charge in [-0.3, -0.25) is 0 Å².